The van der Waals surface area contributed by atoms with Gasteiger partial charge in [-0.3, -0.25) is 4.79 Å². The van der Waals surface area contributed by atoms with E-state index in [1.165, 1.54) is 85.9 Å². The highest BCUT2D eigenvalue weighted by atomic mass is 32.2. The highest BCUT2D eigenvalue weighted by Gasteiger charge is 2.22. The summed E-state index contributed by atoms with van der Waals surface area (Å²) >= 11 is 11.4. The summed E-state index contributed by atoms with van der Waals surface area (Å²) in [7, 11) is 3.16. The van der Waals surface area contributed by atoms with E-state index >= 15 is 0 Å². The monoisotopic (exact) mass is 1040 g/mol. The van der Waals surface area contributed by atoms with Gasteiger partial charge in [-0.2, -0.15) is 0 Å². The number of aromatic carboxylic acids is 1. The minimum atomic E-state index is -0.913. The van der Waals surface area contributed by atoms with Crippen molar-refractivity contribution in [1.29, 1.82) is 0 Å². The van der Waals surface area contributed by atoms with Gasteiger partial charge in [-0.15, -0.1) is 58.0 Å². The fourth-order valence-corrected chi connectivity index (χ4v) is 11.7. The zero-order chi connectivity index (χ0) is 52.0. The first kappa shape index (κ1) is 58.7. The number of carboxylic acid groups (broad SMARTS) is 1. The number of aryl methyl sites for hydroxylation is 5. The van der Waals surface area contributed by atoms with E-state index in [4.69, 9.17) is 14.6 Å². The summed E-state index contributed by atoms with van der Waals surface area (Å²) in [5.74, 6) is 0.147. The summed E-state index contributed by atoms with van der Waals surface area (Å²) in [4.78, 5) is 30.9. The van der Waals surface area contributed by atoms with E-state index in [-0.39, 0.29) is 22.3 Å². The van der Waals surface area contributed by atoms with Gasteiger partial charge in [0.1, 0.15) is 17.1 Å². The van der Waals surface area contributed by atoms with Crippen LogP contribution in [0, 0.1) is 6.92 Å². The zero-order valence-electron chi connectivity index (χ0n) is 44.7. The molecule has 2 aliphatic rings. The molecule has 4 aromatic heterocycles. The van der Waals surface area contributed by atoms with Crippen molar-refractivity contribution in [3.8, 4) is 11.5 Å². The van der Waals surface area contributed by atoms with Crippen LogP contribution in [0.15, 0.2) is 82.4 Å². The van der Waals surface area contributed by atoms with Gasteiger partial charge in [-0.25, -0.2) is 4.79 Å². The van der Waals surface area contributed by atoms with E-state index in [0.717, 1.165) is 41.3 Å². The molecule has 382 valence electrons. The zero-order valence-corrected chi connectivity index (χ0v) is 48.9. The van der Waals surface area contributed by atoms with E-state index in [9.17, 15) is 9.59 Å². The van der Waals surface area contributed by atoms with Crippen molar-refractivity contribution in [2.75, 3.05) is 19.5 Å². The molecular formula is C59H81NO5S5. The number of fused-ring (bicyclic) bond motifs is 2. The number of carboxylic acids is 1. The molecule has 0 fully saturated rings. The highest BCUT2D eigenvalue weighted by molar-refractivity contribution is 7.82. The molecule has 0 unspecified atom stereocenters. The minimum Gasteiger partial charge on any atom is -0.496 e. The van der Waals surface area contributed by atoms with Gasteiger partial charge in [0.05, 0.1) is 29.0 Å². The number of amides is 1. The predicted octanol–water partition coefficient (Wildman–Crippen LogP) is 18.0. The Bertz CT molecular complexity index is 2520. The third kappa shape index (κ3) is 18.3. The van der Waals surface area contributed by atoms with Gasteiger partial charge in [0.25, 0.3) is 5.91 Å². The van der Waals surface area contributed by atoms with E-state index in [2.05, 4.69) is 156 Å². The van der Waals surface area contributed by atoms with Crippen LogP contribution in [0.1, 0.15) is 189 Å². The summed E-state index contributed by atoms with van der Waals surface area (Å²) in [5.41, 5.74) is 7.02. The standard InChI is InChI=1S/C21H27NO2S.C13H16O3.C9H14S.C8H12S2.C8H12S/c1-21(2,3)18-10-11-19(25-18)22-20(23)16-12-14-8-6-5-7-9-15(14)13-17(16)24-4;1-16-12-8-10-6-4-2-3-5-9(10)7-11(12)13(14)15;1-7-5-6-8(10-7)9(2,3)4;1-8(2,3)6-4-5-7(9)10-6;1-8(2,3)7-5-4-6-9-7/h10-13H,5-9H2,1-4H3,(H,22,23);7-8H,2-6H2,1H3,(H,14,15);5-6H,1-4H3;4-5,9H,1-3H3;4-6H,1-3H3. The second-order valence-electron chi connectivity index (χ2n) is 22.2. The lowest BCUT2D eigenvalue weighted by molar-refractivity contribution is 0.0693. The van der Waals surface area contributed by atoms with Crippen LogP contribution in [0.3, 0.4) is 0 Å². The Morgan fingerprint density at radius 2 is 0.971 bits per heavy atom. The van der Waals surface area contributed by atoms with Crippen molar-refractivity contribution in [1.82, 2.24) is 0 Å². The van der Waals surface area contributed by atoms with Crippen LogP contribution in [0.4, 0.5) is 5.00 Å². The van der Waals surface area contributed by atoms with E-state index < -0.39 is 5.97 Å². The van der Waals surface area contributed by atoms with Crippen LogP contribution < -0.4 is 14.8 Å². The normalized spacial score (nSPS) is 13.6. The Morgan fingerprint density at radius 1 is 0.543 bits per heavy atom. The Morgan fingerprint density at radius 3 is 1.31 bits per heavy atom. The number of carbonyl (C=O) groups excluding carboxylic acids is 1. The molecule has 70 heavy (non-hydrogen) atoms. The molecule has 0 spiro atoms. The number of carbonyl (C=O) groups is 2. The van der Waals surface area contributed by atoms with Crippen molar-refractivity contribution in [3.63, 3.8) is 0 Å². The molecule has 0 saturated heterocycles. The van der Waals surface area contributed by atoms with Gasteiger partial charge in [0.2, 0.25) is 0 Å². The number of thiophene rings is 4. The molecule has 6 nitrogen and oxygen atoms in total. The summed E-state index contributed by atoms with van der Waals surface area (Å²) in [5, 5.41) is 15.1. The van der Waals surface area contributed by atoms with Crippen molar-refractivity contribution in [2.24, 2.45) is 0 Å². The average Bonchev–Trinajstić information content (AvgIpc) is 4.11. The minimum absolute atomic E-state index is 0.0915. The van der Waals surface area contributed by atoms with Gasteiger partial charge < -0.3 is 19.9 Å². The average molecular weight is 1040 g/mol. The van der Waals surface area contributed by atoms with Crippen molar-refractivity contribution < 1.29 is 24.2 Å². The van der Waals surface area contributed by atoms with Crippen molar-refractivity contribution >= 4 is 74.9 Å². The molecule has 2 aliphatic carbocycles. The highest BCUT2D eigenvalue weighted by Crippen LogP contribution is 2.35. The molecular weight excluding hydrogens is 963 g/mol. The lowest BCUT2D eigenvalue weighted by Crippen LogP contribution is -2.13. The van der Waals surface area contributed by atoms with E-state index in [1.807, 2.05) is 46.9 Å². The smallest absolute Gasteiger partial charge is 0.339 e. The Kier molecular flexibility index (Phi) is 22.0. The quantitative estimate of drug-likeness (QED) is 0.118. The Hall–Kier alpha value is -3.87. The number of methoxy groups -OCH3 is 2. The fraction of sp³-hybridized carbons (Fsp3) is 0.492. The molecule has 0 radical (unpaired) electrons. The van der Waals surface area contributed by atoms with E-state index in [0.29, 0.717) is 27.9 Å². The molecule has 0 bridgehead atoms. The van der Waals surface area contributed by atoms with E-state index in [1.54, 1.807) is 35.8 Å². The molecule has 6 aromatic rings. The lowest BCUT2D eigenvalue weighted by Gasteiger charge is -2.15. The van der Waals surface area contributed by atoms with Crippen LogP contribution in [-0.2, 0) is 47.3 Å². The second-order valence-corrected chi connectivity index (χ2v) is 27.4. The molecule has 8 rings (SSSR count). The summed E-state index contributed by atoms with van der Waals surface area (Å²) in [6, 6.07) is 24.7. The third-order valence-electron chi connectivity index (χ3n) is 12.0. The fourth-order valence-electron chi connectivity index (χ4n) is 7.82. The molecule has 11 heteroatoms. The first-order valence-corrected chi connectivity index (χ1v) is 28.4. The van der Waals surface area contributed by atoms with Crippen LogP contribution in [0.5, 0.6) is 11.5 Å². The number of hydrogen-bond acceptors (Lipinski definition) is 9. The largest absolute Gasteiger partial charge is 0.496 e. The number of nitrogens with one attached hydrogen (secondary N) is 1. The first-order chi connectivity index (χ1) is 32.7. The van der Waals surface area contributed by atoms with Gasteiger partial charge in [-0.05, 0) is 174 Å². The lowest BCUT2D eigenvalue weighted by atomic mass is 9.95. The summed E-state index contributed by atoms with van der Waals surface area (Å²) in [6.45, 7) is 28.8. The molecule has 0 atom stereocenters. The SMILES string of the molecule is CC(C)(C)c1ccc(S)s1.CC(C)(C)c1cccs1.COc1cc2c(cc1C(=O)Nc1ccc(C(C)(C)C)s1)CCCCC2.COc1cc2c(cc1C(=O)O)CCCCC2.Cc1ccc(C(C)(C)C)s1. The maximum Gasteiger partial charge on any atom is 0.339 e. The van der Waals surface area contributed by atoms with Gasteiger partial charge >= 0.3 is 5.97 Å². The topological polar surface area (TPSA) is 84.9 Å². The maximum absolute atomic E-state index is 12.8. The van der Waals surface area contributed by atoms with Crippen molar-refractivity contribution in [2.45, 2.75) is 180 Å². The molecule has 2 N–H and O–H groups in total. The Labute approximate surface area is 443 Å². The number of thiol groups is 1. The number of rotatable bonds is 5. The Balaban J connectivity index is 0.000000204. The number of ether oxygens (including phenoxy) is 2. The maximum atomic E-state index is 12.8. The van der Waals surface area contributed by atoms with Gasteiger partial charge in [-0.1, -0.05) is 102 Å². The number of benzene rings is 2. The molecule has 4 heterocycles. The number of hydrogen-bond donors (Lipinski definition) is 3. The van der Waals surface area contributed by atoms with Crippen LogP contribution >= 0.6 is 58.0 Å². The molecule has 1 amide bonds. The second kappa shape index (κ2) is 26.2. The number of anilines is 1. The molecule has 0 saturated carbocycles. The van der Waals surface area contributed by atoms with Gasteiger partial charge in [0.15, 0.2) is 0 Å². The van der Waals surface area contributed by atoms with Crippen LogP contribution in [0.25, 0.3) is 0 Å². The van der Waals surface area contributed by atoms with Crippen LogP contribution in [-0.4, -0.2) is 31.2 Å². The molecule has 2 aromatic carbocycles. The summed E-state index contributed by atoms with van der Waals surface area (Å²) in [6.07, 6.45) is 11.4. The van der Waals surface area contributed by atoms with Crippen LogP contribution in [0.2, 0.25) is 0 Å². The molecule has 0 aliphatic heterocycles. The van der Waals surface area contributed by atoms with Gasteiger partial charge in [0, 0.05) is 24.4 Å². The third-order valence-corrected chi connectivity index (χ3v) is 17.8. The van der Waals surface area contributed by atoms with Crippen molar-refractivity contribution in [3.05, 3.63) is 136 Å². The summed E-state index contributed by atoms with van der Waals surface area (Å²) < 4.78 is 11.7. The predicted molar refractivity (Wildman–Crippen MR) is 307 cm³/mol. The first-order valence-electron chi connectivity index (χ1n) is 24.7.